The maximum Gasteiger partial charge on any atom is 0.411 e. The number of imidazole rings is 1. The van der Waals surface area contributed by atoms with Gasteiger partial charge in [0.1, 0.15) is 17.5 Å². The molecule has 2 aromatic rings. The minimum absolute atomic E-state index is 0.268. The molecule has 1 saturated heterocycles. The van der Waals surface area contributed by atoms with Crippen molar-refractivity contribution in [1.82, 2.24) is 14.9 Å². The molecule has 1 aliphatic rings. The average molecular weight is 378 g/mol. The number of fused-ring (bicyclic) bond motifs is 1. The lowest BCUT2D eigenvalue weighted by Crippen LogP contribution is -2.36. The van der Waals surface area contributed by atoms with Gasteiger partial charge >= 0.3 is 6.09 Å². The molecule has 6 heteroatoms. The van der Waals surface area contributed by atoms with Crippen molar-refractivity contribution in [2.45, 2.75) is 38.8 Å². The molecule has 122 valence electrons. The molecule has 1 amide bonds. The van der Waals surface area contributed by atoms with Gasteiger partial charge in [-0.1, -0.05) is 22.5 Å². The number of nitrogens with zero attached hydrogens (tertiary/aromatic N) is 2. The van der Waals surface area contributed by atoms with Crippen LogP contribution in [-0.4, -0.2) is 33.1 Å². The molecule has 0 radical (unpaired) electrons. The summed E-state index contributed by atoms with van der Waals surface area (Å²) >= 11 is 3.46. The first-order chi connectivity index (χ1) is 10.7. The van der Waals surface area contributed by atoms with Gasteiger partial charge < -0.3 is 9.72 Å². The van der Waals surface area contributed by atoms with Crippen molar-refractivity contribution in [3.63, 3.8) is 0 Å². The van der Waals surface area contributed by atoms with E-state index in [1.165, 1.54) is 0 Å². The largest absolute Gasteiger partial charge is 0.444 e. The van der Waals surface area contributed by atoms with Crippen LogP contribution in [0.1, 0.15) is 39.1 Å². The smallest absolute Gasteiger partial charge is 0.411 e. The Labute approximate surface area is 143 Å². The molecule has 1 N–H and O–H groups in total. The van der Waals surface area contributed by atoms with Crippen molar-refractivity contribution in [1.29, 1.82) is 0 Å². The van der Waals surface area contributed by atoms with Crippen molar-refractivity contribution in [2.75, 3.05) is 6.54 Å². The molecule has 0 spiro atoms. The molecule has 1 aromatic heterocycles. The first kappa shape index (κ1) is 16.1. The average Bonchev–Trinajstić information content (AvgIpc) is 2.99. The summed E-state index contributed by atoms with van der Waals surface area (Å²) < 4.78 is 6.49. The summed E-state index contributed by atoms with van der Waals surface area (Å²) in [6.07, 6.45) is 0.424. The van der Waals surface area contributed by atoms with Gasteiger partial charge in [0.15, 0.2) is 0 Å². The van der Waals surface area contributed by atoms with Crippen LogP contribution in [0.15, 0.2) is 34.8 Å². The van der Waals surface area contributed by atoms with Crippen molar-refractivity contribution >= 4 is 33.1 Å². The van der Waals surface area contributed by atoms with Crippen LogP contribution < -0.4 is 0 Å². The lowest BCUT2D eigenvalue weighted by Gasteiger charge is -2.27. The molecule has 1 atom stereocenters. The summed E-state index contributed by atoms with van der Waals surface area (Å²) in [5.41, 5.74) is 2.24. The summed E-state index contributed by atoms with van der Waals surface area (Å²) in [4.78, 5) is 22.1. The van der Waals surface area contributed by atoms with Crippen LogP contribution in [0.3, 0.4) is 0 Å². The van der Waals surface area contributed by atoms with E-state index < -0.39 is 5.60 Å². The van der Waals surface area contributed by atoms with E-state index in [4.69, 9.17) is 4.74 Å². The molecule has 1 aromatic carbocycles. The van der Waals surface area contributed by atoms with Gasteiger partial charge in [-0.2, -0.15) is 0 Å². The number of halogens is 1. The van der Waals surface area contributed by atoms with E-state index in [1.54, 1.807) is 4.90 Å². The number of H-pyrrole nitrogens is 1. The SMILES string of the molecule is C=C1CCN(C(=O)OC(C)(C)C)C1c1nc2ccc(Br)cc2[nH]1. The van der Waals surface area contributed by atoms with Gasteiger partial charge in [-0.15, -0.1) is 0 Å². The summed E-state index contributed by atoms with van der Waals surface area (Å²) in [6, 6.07) is 5.59. The van der Waals surface area contributed by atoms with E-state index >= 15 is 0 Å². The second kappa shape index (κ2) is 5.67. The monoisotopic (exact) mass is 377 g/mol. The minimum Gasteiger partial charge on any atom is -0.444 e. The van der Waals surface area contributed by atoms with Gasteiger partial charge in [-0.05, 0) is 51.0 Å². The van der Waals surface area contributed by atoms with Crippen LogP contribution in [0.25, 0.3) is 11.0 Å². The van der Waals surface area contributed by atoms with Gasteiger partial charge in [0.2, 0.25) is 0 Å². The highest BCUT2D eigenvalue weighted by molar-refractivity contribution is 9.10. The number of nitrogens with one attached hydrogen (secondary N) is 1. The number of benzene rings is 1. The number of likely N-dealkylation sites (tertiary alicyclic amines) is 1. The van der Waals surface area contributed by atoms with Crippen LogP contribution in [0.5, 0.6) is 0 Å². The third kappa shape index (κ3) is 3.27. The minimum atomic E-state index is -0.524. The Hall–Kier alpha value is -1.82. The lowest BCUT2D eigenvalue weighted by molar-refractivity contribution is 0.0232. The van der Waals surface area contributed by atoms with Gasteiger partial charge in [0, 0.05) is 11.0 Å². The lowest BCUT2D eigenvalue weighted by atomic mass is 10.1. The van der Waals surface area contributed by atoms with E-state index in [-0.39, 0.29) is 12.1 Å². The van der Waals surface area contributed by atoms with Crippen molar-refractivity contribution in [3.05, 3.63) is 40.6 Å². The first-order valence-electron chi connectivity index (χ1n) is 7.57. The maximum absolute atomic E-state index is 12.5. The zero-order valence-electron chi connectivity index (χ0n) is 13.5. The second-order valence-corrected chi connectivity index (χ2v) is 7.68. The van der Waals surface area contributed by atoms with Crippen LogP contribution >= 0.6 is 15.9 Å². The number of aromatic nitrogens is 2. The van der Waals surface area contributed by atoms with Gasteiger partial charge in [-0.25, -0.2) is 9.78 Å². The van der Waals surface area contributed by atoms with Crippen molar-refractivity contribution in [2.24, 2.45) is 0 Å². The fraction of sp³-hybridized carbons (Fsp3) is 0.412. The molecule has 1 fully saturated rings. The normalized spacial score (nSPS) is 18.7. The topological polar surface area (TPSA) is 58.2 Å². The summed E-state index contributed by atoms with van der Waals surface area (Å²) in [6.45, 7) is 10.3. The Morgan fingerprint density at radius 3 is 2.91 bits per heavy atom. The Morgan fingerprint density at radius 1 is 1.48 bits per heavy atom. The quantitative estimate of drug-likeness (QED) is 0.740. The molecule has 0 saturated carbocycles. The number of hydrogen-bond donors (Lipinski definition) is 1. The van der Waals surface area contributed by atoms with Crippen molar-refractivity contribution in [3.8, 4) is 0 Å². The molecule has 5 nitrogen and oxygen atoms in total. The third-order valence-electron chi connectivity index (χ3n) is 3.72. The van der Waals surface area contributed by atoms with Gasteiger partial charge in [0.25, 0.3) is 0 Å². The predicted octanol–water partition coefficient (Wildman–Crippen LogP) is 4.56. The van der Waals surface area contributed by atoms with Gasteiger partial charge in [-0.3, -0.25) is 4.90 Å². The summed E-state index contributed by atoms with van der Waals surface area (Å²) in [5.74, 6) is 0.728. The number of carbonyl (C=O) groups is 1. The number of hydrogen-bond acceptors (Lipinski definition) is 3. The number of amides is 1. The highest BCUT2D eigenvalue weighted by atomic mass is 79.9. The zero-order valence-corrected chi connectivity index (χ0v) is 15.1. The van der Waals surface area contributed by atoms with Crippen LogP contribution in [0.2, 0.25) is 0 Å². The Morgan fingerprint density at radius 2 is 2.22 bits per heavy atom. The third-order valence-corrected chi connectivity index (χ3v) is 4.21. The number of ether oxygens (including phenoxy) is 1. The van der Waals surface area contributed by atoms with Crippen LogP contribution in [0.4, 0.5) is 4.79 Å². The van der Waals surface area contributed by atoms with E-state index in [0.717, 1.165) is 33.3 Å². The van der Waals surface area contributed by atoms with Gasteiger partial charge in [0.05, 0.1) is 11.0 Å². The first-order valence-corrected chi connectivity index (χ1v) is 8.36. The maximum atomic E-state index is 12.5. The fourth-order valence-corrected chi connectivity index (χ4v) is 3.10. The standard InChI is InChI=1S/C17H20BrN3O2/c1-10-7-8-21(16(22)23-17(2,3)4)14(10)15-19-12-6-5-11(18)9-13(12)20-15/h5-6,9,14H,1,7-8H2,2-4H3,(H,19,20). The molecular formula is C17H20BrN3O2. The second-order valence-electron chi connectivity index (χ2n) is 6.77. The molecule has 23 heavy (non-hydrogen) atoms. The molecule has 3 rings (SSSR count). The van der Waals surface area contributed by atoms with Crippen molar-refractivity contribution < 1.29 is 9.53 Å². The number of aromatic amines is 1. The molecule has 0 aliphatic carbocycles. The van der Waals surface area contributed by atoms with E-state index in [2.05, 4.69) is 32.5 Å². The van der Waals surface area contributed by atoms with Crippen LogP contribution in [0, 0.1) is 0 Å². The molecule has 1 aliphatic heterocycles. The zero-order chi connectivity index (χ0) is 16.8. The highest BCUT2D eigenvalue weighted by Gasteiger charge is 2.37. The predicted molar refractivity (Wildman–Crippen MR) is 93.2 cm³/mol. The summed E-state index contributed by atoms with van der Waals surface area (Å²) in [5, 5.41) is 0. The van der Waals surface area contributed by atoms with Crippen LogP contribution in [-0.2, 0) is 4.74 Å². The molecule has 0 bridgehead atoms. The van der Waals surface area contributed by atoms with E-state index in [9.17, 15) is 4.79 Å². The number of carbonyl (C=O) groups excluding carboxylic acids is 1. The Balaban J connectivity index is 1.93. The Bertz CT molecular complexity index is 776. The highest BCUT2D eigenvalue weighted by Crippen LogP contribution is 2.36. The summed E-state index contributed by atoms with van der Waals surface area (Å²) in [7, 11) is 0. The molecular weight excluding hydrogens is 358 g/mol. The molecule has 2 heterocycles. The molecule has 1 unspecified atom stereocenters. The fourth-order valence-electron chi connectivity index (χ4n) is 2.74. The van der Waals surface area contributed by atoms with E-state index in [1.807, 2.05) is 39.0 Å². The van der Waals surface area contributed by atoms with E-state index in [0.29, 0.717) is 6.54 Å². The number of rotatable bonds is 1. The Kier molecular flexibility index (Phi) is 3.96.